The van der Waals surface area contributed by atoms with Crippen molar-refractivity contribution in [3.63, 3.8) is 0 Å². The highest BCUT2D eigenvalue weighted by Crippen LogP contribution is 2.20. The Kier molecular flexibility index (Phi) is 5.72. The van der Waals surface area contributed by atoms with Crippen LogP contribution in [0.3, 0.4) is 0 Å². The molecule has 1 N–H and O–H groups in total. The Morgan fingerprint density at radius 3 is 2.38 bits per heavy atom. The molecule has 124 valence electrons. The van der Waals surface area contributed by atoms with E-state index in [0.29, 0.717) is 12.0 Å². The molecule has 0 bridgehead atoms. The average Bonchev–Trinajstić information content (AvgIpc) is 2.56. The van der Waals surface area contributed by atoms with E-state index in [-0.39, 0.29) is 5.56 Å². The van der Waals surface area contributed by atoms with Crippen LogP contribution < -0.4 is 4.72 Å². The molecule has 0 aliphatic carbocycles. The lowest BCUT2D eigenvalue weighted by molar-refractivity contribution is -0.120. The summed E-state index contributed by atoms with van der Waals surface area (Å²) in [5.74, 6) is -1.50. The van der Waals surface area contributed by atoms with Gasteiger partial charge in [0.05, 0.1) is 23.3 Å². The van der Waals surface area contributed by atoms with Gasteiger partial charge in [-0.05, 0) is 23.6 Å². The molecular weight excluding hydrogens is 324 g/mol. The van der Waals surface area contributed by atoms with Crippen molar-refractivity contribution in [3.8, 4) is 6.07 Å². The van der Waals surface area contributed by atoms with E-state index in [1.54, 1.807) is 36.4 Å². The van der Waals surface area contributed by atoms with Crippen LogP contribution in [-0.2, 0) is 20.6 Å². The van der Waals surface area contributed by atoms with Crippen molar-refractivity contribution in [1.29, 1.82) is 5.26 Å². The van der Waals surface area contributed by atoms with Gasteiger partial charge in [0.1, 0.15) is 0 Å². The van der Waals surface area contributed by atoms with E-state index in [1.165, 1.54) is 0 Å². The summed E-state index contributed by atoms with van der Waals surface area (Å²) in [6.45, 7) is 1.83. The lowest BCUT2D eigenvalue weighted by atomic mass is 9.96. The number of amides is 1. The Morgan fingerprint density at radius 1 is 1.12 bits per heavy atom. The predicted molar refractivity (Wildman–Crippen MR) is 91.4 cm³/mol. The summed E-state index contributed by atoms with van der Waals surface area (Å²) >= 11 is 0. The van der Waals surface area contributed by atoms with Gasteiger partial charge in [0.15, 0.2) is 0 Å². The number of sulfonamides is 1. The van der Waals surface area contributed by atoms with Crippen LogP contribution in [0.2, 0.25) is 0 Å². The molecule has 0 spiro atoms. The van der Waals surface area contributed by atoms with Crippen LogP contribution in [0.5, 0.6) is 0 Å². The van der Waals surface area contributed by atoms with Crippen LogP contribution in [0.4, 0.5) is 0 Å². The summed E-state index contributed by atoms with van der Waals surface area (Å²) in [4.78, 5) is 12.4. The Morgan fingerprint density at radius 2 is 1.75 bits per heavy atom. The highest BCUT2D eigenvalue weighted by molar-refractivity contribution is 7.89. The Bertz CT molecular complexity index is 855. The molecule has 0 heterocycles. The number of rotatable bonds is 6. The van der Waals surface area contributed by atoms with Crippen molar-refractivity contribution in [2.24, 2.45) is 0 Å². The zero-order valence-electron chi connectivity index (χ0n) is 13.3. The fraction of sp³-hybridized carbons (Fsp3) is 0.222. The van der Waals surface area contributed by atoms with Gasteiger partial charge in [-0.25, -0.2) is 8.42 Å². The third kappa shape index (κ3) is 4.43. The number of carbonyl (C=O) groups is 1. The lowest BCUT2D eigenvalue weighted by Crippen LogP contribution is -2.35. The maximum Gasteiger partial charge on any atom is 0.240 e. The molecule has 0 aliphatic heterocycles. The second-order valence-corrected chi connectivity index (χ2v) is 7.09. The van der Waals surface area contributed by atoms with Crippen LogP contribution in [-0.4, -0.2) is 14.3 Å². The van der Waals surface area contributed by atoms with Gasteiger partial charge >= 0.3 is 0 Å². The molecule has 24 heavy (non-hydrogen) atoms. The molecule has 1 atom stereocenters. The second-order valence-electron chi connectivity index (χ2n) is 5.37. The number of nitriles is 1. The van der Waals surface area contributed by atoms with E-state index in [4.69, 9.17) is 5.26 Å². The molecule has 2 aromatic rings. The normalized spacial score (nSPS) is 12.2. The van der Waals surface area contributed by atoms with Gasteiger partial charge in [-0.2, -0.15) is 5.26 Å². The van der Waals surface area contributed by atoms with Crippen molar-refractivity contribution in [3.05, 3.63) is 71.3 Å². The van der Waals surface area contributed by atoms with E-state index < -0.39 is 27.6 Å². The SMILES string of the molecule is CCC(C(=O)NS(=O)(=O)Cc1ccccc1C#N)c1ccccc1. The third-order valence-corrected chi connectivity index (χ3v) is 4.87. The molecule has 5 nitrogen and oxygen atoms in total. The van der Waals surface area contributed by atoms with Gasteiger partial charge in [-0.15, -0.1) is 0 Å². The van der Waals surface area contributed by atoms with Crippen LogP contribution in [0.25, 0.3) is 0 Å². The minimum absolute atomic E-state index is 0.283. The molecule has 1 unspecified atom stereocenters. The number of nitrogens with one attached hydrogen (secondary N) is 1. The molecule has 6 heteroatoms. The summed E-state index contributed by atoms with van der Waals surface area (Å²) in [6, 6.07) is 17.4. The van der Waals surface area contributed by atoms with Gasteiger partial charge in [0, 0.05) is 0 Å². The highest BCUT2D eigenvalue weighted by Gasteiger charge is 2.24. The number of benzene rings is 2. The molecule has 0 aromatic heterocycles. The lowest BCUT2D eigenvalue weighted by Gasteiger charge is -2.15. The van der Waals surface area contributed by atoms with E-state index in [2.05, 4.69) is 4.72 Å². The number of hydrogen-bond donors (Lipinski definition) is 1. The van der Waals surface area contributed by atoms with Crippen LogP contribution in [0, 0.1) is 11.3 Å². The van der Waals surface area contributed by atoms with Crippen LogP contribution in [0.1, 0.15) is 36.0 Å². The molecule has 0 fully saturated rings. The zero-order chi connectivity index (χ0) is 17.6. The van der Waals surface area contributed by atoms with E-state index in [1.807, 2.05) is 31.2 Å². The van der Waals surface area contributed by atoms with Crippen LogP contribution in [0.15, 0.2) is 54.6 Å². The minimum Gasteiger partial charge on any atom is -0.273 e. The van der Waals surface area contributed by atoms with Crippen molar-refractivity contribution in [1.82, 2.24) is 4.72 Å². The molecule has 1 amide bonds. The van der Waals surface area contributed by atoms with Gasteiger partial charge in [0.2, 0.25) is 15.9 Å². The summed E-state index contributed by atoms with van der Waals surface area (Å²) in [6.07, 6.45) is 0.486. The Hall–Kier alpha value is -2.65. The first-order chi connectivity index (χ1) is 11.5. The predicted octanol–water partition coefficient (Wildman–Crippen LogP) is 2.70. The first-order valence-electron chi connectivity index (χ1n) is 7.54. The molecule has 0 radical (unpaired) electrons. The smallest absolute Gasteiger partial charge is 0.240 e. The van der Waals surface area contributed by atoms with Gasteiger partial charge in [0.25, 0.3) is 0 Å². The highest BCUT2D eigenvalue weighted by atomic mass is 32.2. The zero-order valence-corrected chi connectivity index (χ0v) is 14.1. The van der Waals surface area contributed by atoms with Crippen molar-refractivity contribution >= 4 is 15.9 Å². The number of nitrogens with zero attached hydrogens (tertiary/aromatic N) is 1. The molecular formula is C18H18N2O3S. The standard InChI is InChI=1S/C18H18N2O3S/c1-2-17(14-8-4-3-5-9-14)18(21)20-24(22,23)13-16-11-7-6-10-15(16)12-19/h3-11,17H,2,13H2,1H3,(H,20,21). The fourth-order valence-electron chi connectivity index (χ4n) is 2.48. The van der Waals surface area contributed by atoms with Crippen molar-refractivity contribution < 1.29 is 13.2 Å². The maximum absolute atomic E-state index is 12.4. The fourth-order valence-corrected chi connectivity index (χ4v) is 3.66. The topological polar surface area (TPSA) is 87.0 Å². The summed E-state index contributed by atoms with van der Waals surface area (Å²) in [5.41, 5.74) is 1.42. The van der Waals surface area contributed by atoms with Crippen molar-refractivity contribution in [2.75, 3.05) is 0 Å². The molecule has 2 aromatic carbocycles. The van der Waals surface area contributed by atoms with Crippen molar-refractivity contribution in [2.45, 2.75) is 25.0 Å². The minimum atomic E-state index is -3.88. The van der Waals surface area contributed by atoms with E-state index in [9.17, 15) is 13.2 Å². The number of carbonyl (C=O) groups excluding carboxylic acids is 1. The first kappa shape index (κ1) is 17.7. The second kappa shape index (κ2) is 7.75. The maximum atomic E-state index is 12.4. The molecule has 0 saturated carbocycles. The summed E-state index contributed by atoms with van der Waals surface area (Å²) < 4.78 is 26.7. The van der Waals surface area contributed by atoms with E-state index in [0.717, 1.165) is 5.56 Å². The molecule has 0 aliphatic rings. The Balaban J connectivity index is 2.16. The van der Waals surface area contributed by atoms with E-state index >= 15 is 0 Å². The van der Waals surface area contributed by atoms with Crippen LogP contribution >= 0.6 is 0 Å². The molecule has 0 saturated heterocycles. The third-order valence-electron chi connectivity index (χ3n) is 3.67. The van der Waals surface area contributed by atoms with Gasteiger partial charge < -0.3 is 0 Å². The molecule has 2 rings (SSSR count). The quantitative estimate of drug-likeness (QED) is 0.874. The van der Waals surface area contributed by atoms with Gasteiger partial charge in [-0.3, -0.25) is 9.52 Å². The summed E-state index contributed by atoms with van der Waals surface area (Å²) in [5, 5.41) is 9.04. The van der Waals surface area contributed by atoms with Gasteiger partial charge in [-0.1, -0.05) is 55.5 Å². The monoisotopic (exact) mass is 342 g/mol. The largest absolute Gasteiger partial charge is 0.273 e. The first-order valence-corrected chi connectivity index (χ1v) is 9.19. The number of hydrogen-bond acceptors (Lipinski definition) is 4. The average molecular weight is 342 g/mol. The summed E-state index contributed by atoms with van der Waals surface area (Å²) in [7, 11) is -3.88. The Labute approximate surface area is 142 Å².